The SMILES string of the molecule is C#CC(CN1C(=O)[N-]CC(C)CC1C)NC(=O)[C@@H]1C2C(CN1C(=O)C(NC(=O)C(F)(F)F)C(C)(C)C)C2(C)C.[Rb+]. The van der Waals surface area contributed by atoms with E-state index in [-0.39, 0.29) is 100 Å². The van der Waals surface area contributed by atoms with Crippen LogP contribution in [0.1, 0.15) is 54.9 Å². The molecule has 0 aromatic rings. The molecule has 6 unspecified atom stereocenters. The van der Waals surface area contributed by atoms with Crippen molar-refractivity contribution in [1.82, 2.24) is 20.4 Å². The average Bonchev–Trinajstić information content (AvgIpc) is 3.15. The number of carbonyl (C=O) groups is 4. The standard InChI is InChI=1S/C27H40F3N5O4.Rb/c1-9-16(12-34-15(3)10-14(2)11-31-24(34)39)32-21(36)19-18-17(26(18,7)8)13-35(19)22(37)20(25(4,5)6)33-23(38)27(28,29)30;/h1,14-20H,10-13H2,2-8H3,(H3,31,32,33,36,38,39);/q;+1/p-1/t14?,15?,16?,17?,18?,19-,20?;/m0./s1. The van der Waals surface area contributed by atoms with Gasteiger partial charge in [0.05, 0.1) is 6.04 Å². The van der Waals surface area contributed by atoms with E-state index in [0.29, 0.717) is 6.54 Å². The molecule has 3 rings (SSSR count). The number of piperidine rings is 1. The van der Waals surface area contributed by atoms with Crippen LogP contribution in [0, 0.1) is 40.9 Å². The van der Waals surface area contributed by atoms with Crippen LogP contribution in [0.5, 0.6) is 0 Å². The third kappa shape index (κ3) is 7.42. The molecule has 5 amide bonds. The number of alkyl halides is 3. The molecule has 0 bridgehead atoms. The minimum absolute atomic E-state index is 0. The van der Waals surface area contributed by atoms with Gasteiger partial charge in [-0.3, -0.25) is 19.2 Å². The first-order valence-corrected chi connectivity index (χ1v) is 13.2. The summed E-state index contributed by atoms with van der Waals surface area (Å²) >= 11 is 0. The van der Waals surface area contributed by atoms with Gasteiger partial charge in [-0.2, -0.15) is 13.2 Å². The maximum Gasteiger partial charge on any atom is 1.00 e. The Hall–Kier alpha value is -1.16. The van der Waals surface area contributed by atoms with Crippen LogP contribution in [-0.4, -0.2) is 83.5 Å². The fourth-order valence-corrected chi connectivity index (χ4v) is 5.99. The van der Waals surface area contributed by atoms with Crippen LogP contribution in [0.3, 0.4) is 0 Å². The first-order valence-electron chi connectivity index (χ1n) is 13.2. The number of halogens is 3. The summed E-state index contributed by atoms with van der Waals surface area (Å²) < 4.78 is 39.1. The molecule has 1 saturated carbocycles. The molecule has 9 nitrogen and oxygen atoms in total. The Bertz CT molecular complexity index is 1050. The second-order valence-corrected chi connectivity index (χ2v) is 12.9. The summed E-state index contributed by atoms with van der Waals surface area (Å²) in [6.07, 6.45) is 1.28. The van der Waals surface area contributed by atoms with Crippen molar-refractivity contribution in [3.63, 3.8) is 0 Å². The van der Waals surface area contributed by atoms with Gasteiger partial charge in [-0.15, -0.1) is 6.42 Å². The number of amides is 5. The number of fused-ring (bicyclic) bond motifs is 1. The van der Waals surface area contributed by atoms with Gasteiger partial charge in [0.25, 0.3) is 0 Å². The number of urea groups is 1. The molecular weight excluding hydrogens is 601 g/mol. The van der Waals surface area contributed by atoms with Crippen LogP contribution in [0.2, 0.25) is 0 Å². The fourth-order valence-electron chi connectivity index (χ4n) is 5.99. The van der Waals surface area contributed by atoms with Crippen LogP contribution >= 0.6 is 0 Å². The van der Waals surface area contributed by atoms with Gasteiger partial charge in [0.15, 0.2) is 6.03 Å². The Balaban J connectivity index is 0.00000560. The predicted octanol–water partition coefficient (Wildman–Crippen LogP) is -0.0914. The number of carbonyl (C=O) groups excluding carboxylic acids is 4. The molecule has 218 valence electrons. The molecule has 13 heteroatoms. The number of nitrogens with zero attached hydrogens (tertiary/aromatic N) is 3. The van der Waals surface area contributed by atoms with Gasteiger partial charge >= 0.3 is 70.3 Å². The molecule has 3 aliphatic rings. The van der Waals surface area contributed by atoms with Gasteiger partial charge in [0.1, 0.15) is 12.1 Å². The summed E-state index contributed by atoms with van der Waals surface area (Å²) in [6, 6.07) is -3.91. The fraction of sp³-hybridized carbons (Fsp3) is 0.778. The van der Waals surface area contributed by atoms with E-state index < -0.39 is 53.5 Å². The molecule has 7 atom stereocenters. The molecule has 2 N–H and O–H groups in total. The molecule has 2 aliphatic heterocycles. The summed E-state index contributed by atoms with van der Waals surface area (Å²) in [5, 5.41) is 8.69. The topological polar surface area (TPSA) is 113 Å². The maximum absolute atomic E-state index is 13.6. The second kappa shape index (κ2) is 12.6. The minimum Gasteiger partial charge on any atom is -0.431 e. The van der Waals surface area contributed by atoms with Gasteiger partial charge in [0, 0.05) is 6.54 Å². The van der Waals surface area contributed by atoms with E-state index >= 15 is 0 Å². The minimum atomic E-state index is -5.16. The second-order valence-electron chi connectivity index (χ2n) is 12.9. The first-order chi connectivity index (χ1) is 17.8. The molecule has 0 aromatic heterocycles. The number of likely N-dealkylation sites (tertiary alicyclic amines) is 1. The van der Waals surface area contributed by atoms with Crippen molar-refractivity contribution in [1.29, 1.82) is 0 Å². The van der Waals surface area contributed by atoms with Crippen LogP contribution in [0.25, 0.3) is 5.32 Å². The van der Waals surface area contributed by atoms with Gasteiger partial charge < -0.3 is 25.8 Å². The molecular formula is C27H39F3N5O4Rb. The van der Waals surface area contributed by atoms with E-state index in [1.54, 1.807) is 20.8 Å². The summed E-state index contributed by atoms with van der Waals surface area (Å²) in [7, 11) is 0. The van der Waals surface area contributed by atoms with Crippen LogP contribution in [-0.2, 0) is 14.4 Å². The summed E-state index contributed by atoms with van der Waals surface area (Å²) in [5.74, 6) is -1.06. The summed E-state index contributed by atoms with van der Waals surface area (Å²) in [4.78, 5) is 54.4. The Morgan fingerprint density at radius 3 is 2.30 bits per heavy atom. The number of terminal acetylenes is 1. The molecule has 0 aromatic carbocycles. The maximum atomic E-state index is 13.6. The normalized spacial score (nSPS) is 29.0. The number of hydrogen-bond donors (Lipinski definition) is 2. The number of nitrogens with one attached hydrogen (secondary N) is 2. The Kier molecular flexibility index (Phi) is 11.0. The van der Waals surface area contributed by atoms with Crippen LogP contribution < -0.4 is 68.8 Å². The van der Waals surface area contributed by atoms with Crippen molar-refractivity contribution in [2.24, 2.45) is 28.6 Å². The molecule has 40 heavy (non-hydrogen) atoms. The third-order valence-electron chi connectivity index (χ3n) is 8.36. The van der Waals surface area contributed by atoms with E-state index in [0.717, 1.165) is 6.42 Å². The smallest absolute Gasteiger partial charge is 0.431 e. The molecule has 2 saturated heterocycles. The van der Waals surface area contributed by atoms with E-state index in [4.69, 9.17) is 6.42 Å². The van der Waals surface area contributed by atoms with Crippen LogP contribution in [0.4, 0.5) is 18.0 Å². The molecule has 3 fully saturated rings. The zero-order valence-electron chi connectivity index (χ0n) is 24.6. The molecule has 1 aliphatic carbocycles. The van der Waals surface area contributed by atoms with Gasteiger partial charge in [-0.05, 0) is 54.1 Å². The van der Waals surface area contributed by atoms with Crippen molar-refractivity contribution in [2.45, 2.75) is 85.2 Å². The van der Waals surface area contributed by atoms with Gasteiger partial charge in [-0.25, -0.2) is 0 Å². The molecule has 0 spiro atoms. The van der Waals surface area contributed by atoms with E-state index in [2.05, 4.69) is 16.6 Å². The molecule has 2 heterocycles. The van der Waals surface area contributed by atoms with Crippen molar-refractivity contribution in [2.75, 3.05) is 19.6 Å². The first kappa shape index (κ1) is 35.0. The summed E-state index contributed by atoms with van der Waals surface area (Å²) in [6.45, 7) is 13.1. The van der Waals surface area contributed by atoms with Gasteiger partial charge in [-0.1, -0.05) is 54.4 Å². The van der Waals surface area contributed by atoms with Crippen molar-refractivity contribution in [3.05, 3.63) is 5.32 Å². The zero-order chi connectivity index (χ0) is 29.7. The van der Waals surface area contributed by atoms with E-state index in [9.17, 15) is 32.3 Å². The number of rotatable bonds is 6. The quantitative estimate of drug-likeness (QED) is 0.396. The van der Waals surface area contributed by atoms with E-state index in [1.165, 1.54) is 9.80 Å². The number of hydrogen-bond acceptors (Lipinski definition) is 4. The van der Waals surface area contributed by atoms with Crippen molar-refractivity contribution in [3.8, 4) is 12.3 Å². The van der Waals surface area contributed by atoms with E-state index in [1.807, 2.05) is 33.0 Å². The van der Waals surface area contributed by atoms with Crippen molar-refractivity contribution < 1.29 is 90.5 Å². The largest absolute Gasteiger partial charge is 1.00 e. The zero-order valence-corrected chi connectivity index (χ0v) is 29.5. The molecule has 0 radical (unpaired) electrons. The van der Waals surface area contributed by atoms with Crippen molar-refractivity contribution >= 4 is 23.8 Å². The third-order valence-corrected chi connectivity index (χ3v) is 8.36. The van der Waals surface area contributed by atoms with Crippen LogP contribution in [0.15, 0.2) is 0 Å². The Labute approximate surface area is 283 Å². The predicted molar refractivity (Wildman–Crippen MR) is 138 cm³/mol. The Morgan fingerprint density at radius 1 is 1.18 bits per heavy atom. The summed E-state index contributed by atoms with van der Waals surface area (Å²) in [5.41, 5.74) is -1.33. The van der Waals surface area contributed by atoms with Gasteiger partial charge in [0.2, 0.25) is 11.8 Å². The monoisotopic (exact) mass is 639 g/mol. The average molecular weight is 640 g/mol. The Morgan fingerprint density at radius 2 is 1.77 bits per heavy atom.